The second kappa shape index (κ2) is 6.63. The maximum absolute atomic E-state index is 13.4. The first kappa shape index (κ1) is 16.1. The summed E-state index contributed by atoms with van der Waals surface area (Å²) in [4.78, 5) is 12.9. The molecule has 0 saturated carbocycles. The minimum absolute atomic E-state index is 0.153. The predicted molar refractivity (Wildman–Crippen MR) is 75.0 cm³/mol. The molecule has 8 heteroatoms. The lowest BCUT2D eigenvalue weighted by Gasteiger charge is -2.09. The zero-order valence-corrected chi connectivity index (χ0v) is 12.0. The fraction of sp³-hybridized carbons (Fsp3) is 0.0714. The molecule has 116 valence electrons. The minimum Gasteiger partial charge on any atom is -0.277 e. The van der Waals surface area contributed by atoms with Gasteiger partial charge in [0.05, 0.1) is 6.42 Å². The van der Waals surface area contributed by atoms with Gasteiger partial charge < -0.3 is 0 Å². The number of rotatable bonds is 5. The first-order valence-corrected chi connectivity index (χ1v) is 7.66. The van der Waals surface area contributed by atoms with Gasteiger partial charge in [-0.05, 0) is 29.8 Å². The summed E-state index contributed by atoms with van der Waals surface area (Å²) in [5.74, 6) is -2.03. The standard InChI is InChI=1S/C14H12F2N2O3S/c15-11-7-5-10(6-8-11)9-14(19)17-18-22(20,21)13-4-2-1-3-12(13)16/h1-8,18H,9H2,(H,17,19). The predicted octanol–water partition coefficient (Wildman–Crippen LogP) is 1.52. The van der Waals surface area contributed by atoms with Crippen LogP contribution in [0, 0.1) is 11.6 Å². The van der Waals surface area contributed by atoms with E-state index in [4.69, 9.17) is 0 Å². The normalized spacial score (nSPS) is 11.2. The summed E-state index contributed by atoms with van der Waals surface area (Å²) in [5, 5.41) is 0. The van der Waals surface area contributed by atoms with Crippen molar-refractivity contribution in [2.24, 2.45) is 0 Å². The average molecular weight is 326 g/mol. The Morgan fingerprint density at radius 2 is 1.64 bits per heavy atom. The number of halogens is 2. The van der Waals surface area contributed by atoms with Gasteiger partial charge in [0.2, 0.25) is 5.91 Å². The highest BCUT2D eigenvalue weighted by Gasteiger charge is 2.19. The van der Waals surface area contributed by atoms with Gasteiger partial charge in [-0.3, -0.25) is 10.2 Å². The van der Waals surface area contributed by atoms with Crippen LogP contribution in [0.25, 0.3) is 0 Å². The molecule has 22 heavy (non-hydrogen) atoms. The summed E-state index contributed by atoms with van der Waals surface area (Å²) in [5.41, 5.74) is 2.48. The highest BCUT2D eigenvalue weighted by atomic mass is 32.2. The molecule has 2 rings (SSSR count). The molecule has 0 aromatic heterocycles. The lowest BCUT2D eigenvalue weighted by atomic mass is 10.1. The van der Waals surface area contributed by atoms with Crippen LogP contribution < -0.4 is 10.3 Å². The van der Waals surface area contributed by atoms with Gasteiger partial charge in [-0.1, -0.05) is 24.3 Å². The maximum Gasteiger partial charge on any atom is 0.260 e. The Bertz CT molecular complexity index is 777. The van der Waals surface area contributed by atoms with Crippen molar-refractivity contribution in [1.29, 1.82) is 0 Å². The van der Waals surface area contributed by atoms with Crippen molar-refractivity contribution in [3.63, 3.8) is 0 Å². The van der Waals surface area contributed by atoms with E-state index in [1.165, 1.54) is 36.4 Å². The van der Waals surface area contributed by atoms with E-state index in [0.717, 1.165) is 12.1 Å². The van der Waals surface area contributed by atoms with Gasteiger partial charge in [0.15, 0.2) is 0 Å². The van der Waals surface area contributed by atoms with E-state index in [1.807, 2.05) is 5.43 Å². The third-order valence-corrected chi connectivity index (χ3v) is 4.01. The molecule has 0 bridgehead atoms. The van der Waals surface area contributed by atoms with Crippen LogP contribution in [0.3, 0.4) is 0 Å². The van der Waals surface area contributed by atoms with E-state index in [-0.39, 0.29) is 6.42 Å². The van der Waals surface area contributed by atoms with Crippen LogP contribution in [0.1, 0.15) is 5.56 Å². The van der Waals surface area contributed by atoms with Crippen LogP contribution in [-0.4, -0.2) is 14.3 Å². The van der Waals surface area contributed by atoms with E-state index in [2.05, 4.69) is 0 Å². The number of hydrogen-bond acceptors (Lipinski definition) is 3. The number of amides is 1. The van der Waals surface area contributed by atoms with E-state index >= 15 is 0 Å². The van der Waals surface area contributed by atoms with Crippen LogP contribution in [0.5, 0.6) is 0 Å². The molecule has 0 radical (unpaired) electrons. The van der Waals surface area contributed by atoms with E-state index in [9.17, 15) is 22.0 Å². The zero-order valence-electron chi connectivity index (χ0n) is 11.2. The smallest absolute Gasteiger partial charge is 0.260 e. The van der Waals surface area contributed by atoms with Crippen LogP contribution in [-0.2, 0) is 21.2 Å². The summed E-state index contributed by atoms with van der Waals surface area (Å²) in [7, 11) is -4.20. The lowest BCUT2D eigenvalue weighted by molar-refractivity contribution is -0.120. The van der Waals surface area contributed by atoms with Crippen molar-refractivity contribution in [3.8, 4) is 0 Å². The molecule has 0 unspecified atom stereocenters. The Morgan fingerprint density at radius 3 is 2.27 bits per heavy atom. The van der Waals surface area contributed by atoms with Crippen molar-refractivity contribution in [2.45, 2.75) is 11.3 Å². The Morgan fingerprint density at radius 1 is 1.00 bits per heavy atom. The maximum atomic E-state index is 13.4. The molecule has 0 aliphatic carbocycles. The Balaban J connectivity index is 1.98. The molecule has 2 aromatic rings. The molecule has 2 aromatic carbocycles. The molecule has 0 aliphatic rings. The number of carbonyl (C=O) groups excluding carboxylic acids is 1. The van der Waals surface area contributed by atoms with Gasteiger partial charge in [-0.15, -0.1) is 4.83 Å². The number of sulfonamides is 1. The van der Waals surface area contributed by atoms with Crippen LogP contribution >= 0.6 is 0 Å². The first-order valence-electron chi connectivity index (χ1n) is 6.18. The first-order chi connectivity index (χ1) is 10.4. The van der Waals surface area contributed by atoms with Crippen LogP contribution in [0.15, 0.2) is 53.4 Å². The summed E-state index contributed by atoms with van der Waals surface area (Å²) < 4.78 is 49.8. The van der Waals surface area contributed by atoms with Crippen molar-refractivity contribution in [1.82, 2.24) is 10.3 Å². The number of hydrazine groups is 1. The SMILES string of the molecule is O=C(Cc1ccc(F)cc1)NNS(=O)(=O)c1ccccc1F. The third-order valence-electron chi connectivity index (χ3n) is 2.73. The molecule has 2 N–H and O–H groups in total. The molecular weight excluding hydrogens is 314 g/mol. The molecule has 0 spiro atoms. The monoisotopic (exact) mass is 326 g/mol. The summed E-state index contributed by atoms with van der Waals surface area (Å²) >= 11 is 0. The molecule has 0 saturated heterocycles. The van der Waals surface area contributed by atoms with Gasteiger partial charge in [0.1, 0.15) is 16.5 Å². The van der Waals surface area contributed by atoms with Crippen LogP contribution in [0.2, 0.25) is 0 Å². The Kier molecular flexibility index (Phi) is 4.84. The second-order valence-electron chi connectivity index (χ2n) is 4.39. The van der Waals surface area contributed by atoms with E-state index in [0.29, 0.717) is 5.56 Å². The Labute approximate surface area is 126 Å². The highest BCUT2D eigenvalue weighted by molar-refractivity contribution is 7.89. The minimum atomic E-state index is -4.20. The fourth-order valence-corrected chi connectivity index (χ4v) is 2.61. The zero-order chi connectivity index (χ0) is 16.2. The van der Waals surface area contributed by atoms with Crippen molar-refractivity contribution >= 4 is 15.9 Å². The number of hydrogen-bond donors (Lipinski definition) is 2. The molecule has 5 nitrogen and oxygen atoms in total. The lowest BCUT2D eigenvalue weighted by Crippen LogP contribution is -2.42. The number of benzene rings is 2. The topological polar surface area (TPSA) is 75.3 Å². The van der Waals surface area contributed by atoms with Crippen molar-refractivity contribution in [2.75, 3.05) is 0 Å². The largest absolute Gasteiger partial charge is 0.277 e. The average Bonchev–Trinajstić information content (AvgIpc) is 2.48. The molecule has 0 fully saturated rings. The highest BCUT2D eigenvalue weighted by Crippen LogP contribution is 2.12. The van der Waals surface area contributed by atoms with Crippen molar-refractivity contribution < 1.29 is 22.0 Å². The molecule has 0 aliphatic heterocycles. The van der Waals surface area contributed by atoms with Crippen molar-refractivity contribution in [3.05, 3.63) is 65.7 Å². The summed E-state index contributed by atoms with van der Waals surface area (Å²) in [6, 6.07) is 9.96. The van der Waals surface area contributed by atoms with Gasteiger partial charge >= 0.3 is 0 Å². The molecule has 0 heterocycles. The quantitative estimate of drug-likeness (QED) is 0.818. The van der Waals surface area contributed by atoms with Gasteiger partial charge in [-0.2, -0.15) is 0 Å². The number of carbonyl (C=O) groups is 1. The summed E-state index contributed by atoms with van der Waals surface area (Å²) in [6.07, 6.45) is -0.153. The fourth-order valence-electron chi connectivity index (χ4n) is 1.67. The van der Waals surface area contributed by atoms with Gasteiger partial charge in [0, 0.05) is 0 Å². The van der Waals surface area contributed by atoms with Gasteiger partial charge in [-0.25, -0.2) is 17.2 Å². The van der Waals surface area contributed by atoms with Gasteiger partial charge in [0.25, 0.3) is 10.0 Å². The third kappa shape index (κ3) is 4.09. The summed E-state index contributed by atoms with van der Waals surface area (Å²) in [6.45, 7) is 0. The Hall–Kier alpha value is -2.32. The molecule has 0 atom stereocenters. The molecular formula is C14H12F2N2O3S. The molecule has 1 amide bonds. The van der Waals surface area contributed by atoms with E-state index < -0.39 is 32.5 Å². The number of nitrogens with one attached hydrogen (secondary N) is 2. The second-order valence-corrected chi connectivity index (χ2v) is 6.04. The van der Waals surface area contributed by atoms with Crippen LogP contribution in [0.4, 0.5) is 8.78 Å². The van der Waals surface area contributed by atoms with E-state index in [1.54, 1.807) is 4.83 Å².